The SMILES string of the molecule is COc1cc(OC)c(C(C)C(C)(C)N)cc1OC. The zero-order valence-electron chi connectivity index (χ0n) is 12.0. The quantitative estimate of drug-likeness (QED) is 0.876. The van der Waals surface area contributed by atoms with Crippen LogP contribution in [0.4, 0.5) is 0 Å². The normalized spacial score (nSPS) is 13.1. The summed E-state index contributed by atoms with van der Waals surface area (Å²) in [5.41, 5.74) is 6.85. The maximum absolute atomic E-state index is 6.17. The predicted molar refractivity (Wildman–Crippen MR) is 72.8 cm³/mol. The highest BCUT2D eigenvalue weighted by Gasteiger charge is 2.26. The van der Waals surface area contributed by atoms with E-state index in [1.54, 1.807) is 21.3 Å². The van der Waals surface area contributed by atoms with Crippen LogP contribution in [-0.4, -0.2) is 26.9 Å². The number of hydrogen-bond acceptors (Lipinski definition) is 4. The Balaban J connectivity index is 3.34. The van der Waals surface area contributed by atoms with Crippen LogP contribution in [0.3, 0.4) is 0 Å². The monoisotopic (exact) mass is 253 g/mol. The van der Waals surface area contributed by atoms with E-state index in [1.807, 2.05) is 26.0 Å². The number of benzene rings is 1. The second-order valence-electron chi connectivity index (χ2n) is 4.99. The second kappa shape index (κ2) is 5.48. The highest BCUT2D eigenvalue weighted by molar-refractivity contribution is 5.52. The first-order chi connectivity index (χ1) is 8.35. The zero-order valence-corrected chi connectivity index (χ0v) is 12.0. The molecule has 1 rings (SSSR count). The highest BCUT2D eigenvalue weighted by Crippen LogP contribution is 2.40. The molecule has 0 aliphatic carbocycles. The summed E-state index contributed by atoms with van der Waals surface area (Å²) in [5, 5.41) is 0. The molecule has 18 heavy (non-hydrogen) atoms. The van der Waals surface area contributed by atoms with Gasteiger partial charge in [-0.1, -0.05) is 6.92 Å². The third-order valence-electron chi connectivity index (χ3n) is 3.32. The molecule has 0 amide bonds. The molecule has 0 radical (unpaired) electrons. The minimum absolute atomic E-state index is 0.132. The van der Waals surface area contributed by atoms with Crippen LogP contribution in [0, 0.1) is 0 Å². The Morgan fingerprint density at radius 2 is 1.39 bits per heavy atom. The highest BCUT2D eigenvalue weighted by atomic mass is 16.5. The van der Waals surface area contributed by atoms with E-state index in [4.69, 9.17) is 19.9 Å². The van der Waals surface area contributed by atoms with Gasteiger partial charge in [-0.2, -0.15) is 0 Å². The van der Waals surface area contributed by atoms with E-state index in [-0.39, 0.29) is 11.5 Å². The molecule has 0 spiro atoms. The number of rotatable bonds is 5. The van der Waals surface area contributed by atoms with E-state index in [9.17, 15) is 0 Å². The van der Waals surface area contributed by atoms with Crippen molar-refractivity contribution >= 4 is 0 Å². The Morgan fingerprint density at radius 1 is 0.944 bits per heavy atom. The lowest BCUT2D eigenvalue weighted by atomic mass is 9.83. The summed E-state index contributed by atoms with van der Waals surface area (Å²) in [4.78, 5) is 0. The van der Waals surface area contributed by atoms with Crippen LogP contribution >= 0.6 is 0 Å². The molecule has 1 unspecified atom stereocenters. The van der Waals surface area contributed by atoms with Gasteiger partial charge < -0.3 is 19.9 Å². The van der Waals surface area contributed by atoms with Crippen molar-refractivity contribution in [3.63, 3.8) is 0 Å². The summed E-state index contributed by atoms with van der Waals surface area (Å²) in [6, 6.07) is 3.76. The summed E-state index contributed by atoms with van der Waals surface area (Å²) >= 11 is 0. The summed E-state index contributed by atoms with van der Waals surface area (Å²) in [7, 11) is 4.86. The molecular formula is C14H23NO3. The zero-order chi connectivity index (χ0) is 13.9. The third kappa shape index (κ3) is 2.88. The van der Waals surface area contributed by atoms with Crippen LogP contribution < -0.4 is 19.9 Å². The number of nitrogens with two attached hydrogens (primary N) is 1. The first-order valence-electron chi connectivity index (χ1n) is 5.94. The van der Waals surface area contributed by atoms with Gasteiger partial charge in [-0.25, -0.2) is 0 Å². The number of methoxy groups -OCH3 is 3. The minimum Gasteiger partial charge on any atom is -0.496 e. The largest absolute Gasteiger partial charge is 0.496 e. The van der Waals surface area contributed by atoms with Crippen LogP contribution in [-0.2, 0) is 0 Å². The molecule has 0 aliphatic rings. The average molecular weight is 253 g/mol. The number of hydrogen-bond donors (Lipinski definition) is 1. The van der Waals surface area contributed by atoms with Crippen molar-refractivity contribution in [3.8, 4) is 17.2 Å². The van der Waals surface area contributed by atoms with Crippen LogP contribution in [0.25, 0.3) is 0 Å². The maximum atomic E-state index is 6.17. The van der Waals surface area contributed by atoms with Crippen molar-refractivity contribution in [3.05, 3.63) is 17.7 Å². The Hall–Kier alpha value is -1.42. The van der Waals surface area contributed by atoms with Gasteiger partial charge >= 0.3 is 0 Å². The summed E-state index contributed by atoms with van der Waals surface area (Å²) in [6.07, 6.45) is 0. The Morgan fingerprint density at radius 3 is 1.78 bits per heavy atom. The van der Waals surface area contributed by atoms with Crippen LogP contribution in [0.1, 0.15) is 32.3 Å². The lowest BCUT2D eigenvalue weighted by molar-refractivity contribution is 0.342. The molecule has 0 saturated carbocycles. The van der Waals surface area contributed by atoms with E-state index in [0.717, 1.165) is 11.3 Å². The van der Waals surface area contributed by atoms with Crippen molar-refractivity contribution in [2.45, 2.75) is 32.2 Å². The van der Waals surface area contributed by atoms with Crippen molar-refractivity contribution in [2.24, 2.45) is 5.73 Å². The molecular weight excluding hydrogens is 230 g/mol. The van der Waals surface area contributed by atoms with E-state index < -0.39 is 0 Å². The molecule has 0 saturated heterocycles. The third-order valence-corrected chi connectivity index (χ3v) is 3.32. The molecule has 1 aromatic carbocycles. The summed E-state index contributed by atoms with van der Waals surface area (Å²) in [6.45, 7) is 6.06. The molecule has 0 bridgehead atoms. The fourth-order valence-electron chi connectivity index (χ4n) is 1.79. The molecule has 0 fully saturated rings. The van der Waals surface area contributed by atoms with Gasteiger partial charge in [0.15, 0.2) is 11.5 Å². The summed E-state index contributed by atoms with van der Waals surface area (Å²) in [5.74, 6) is 2.23. The molecule has 4 heteroatoms. The number of ether oxygens (including phenoxy) is 3. The predicted octanol–water partition coefficient (Wildman–Crippen LogP) is 2.55. The van der Waals surface area contributed by atoms with Crippen molar-refractivity contribution < 1.29 is 14.2 Å². The molecule has 102 valence electrons. The van der Waals surface area contributed by atoms with Crippen LogP contribution in [0.15, 0.2) is 12.1 Å². The molecule has 4 nitrogen and oxygen atoms in total. The Bertz CT molecular complexity index is 410. The minimum atomic E-state index is -0.340. The van der Waals surface area contributed by atoms with Gasteiger partial charge in [0, 0.05) is 23.1 Å². The smallest absolute Gasteiger partial charge is 0.164 e. The maximum Gasteiger partial charge on any atom is 0.164 e. The molecule has 0 aromatic heterocycles. The van der Waals surface area contributed by atoms with E-state index >= 15 is 0 Å². The van der Waals surface area contributed by atoms with Gasteiger partial charge in [0.05, 0.1) is 21.3 Å². The molecule has 0 heterocycles. The topological polar surface area (TPSA) is 53.7 Å². The van der Waals surface area contributed by atoms with Gasteiger partial charge in [-0.05, 0) is 19.9 Å². The van der Waals surface area contributed by atoms with Crippen molar-refractivity contribution in [1.29, 1.82) is 0 Å². The standard InChI is InChI=1S/C14H23NO3/c1-9(14(2,3)15)10-7-12(17-5)13(18-6)8-11(10)16-4/h7-9H,15H2,1-6H3. The first-order valence-corrected chi connectivity index (χ1v) is 5.94. The van der Waals surface area contributed by atoms with Crippen molar-refractivity contribution in [2.75, 3.05) is 21.3 Å². The fourth-order valence-corrected chi connectivity index (χ4v) is 1.79. The van der Waals surface area contributed by atoms with E-state index in [0.29, 0.717) is 11.5 Å². The Kier molecular flexibility index (Phi) is 4.46. The molecule has 2 N–H and O–H groups in total. The van der Waals surface area contributed by atoms with Gasteiger partial charge in [0.25, 0.3) is 0 Å². The molecule has 0 aliphatic heterocycles. The van der Waals surface area contributed by atoms with Gasteiger partial charge in [0.2, 0.25) is 0 Å². The van der Waals surface area contributed by atoms with Gasteiger partial charge in [-0.3, -0.25) is 0 Å². The van der Waals surface area contributed by atoms with Gasteiger partial charge in [0.1, 0.15) is 5.75 Å². The lowest BCUT2D eigenvalue weighted by Gasteiger charge is -2.29. The second-order valence-corrected chi connectivity index (χ2v) is 4.99. The fraction of sp³-hybridized carbons (Fsp3) is 0.571. The van der Waals surface area contributed by atoms with Gasteiger partial charge in [-0.15, -0.1) is 0 Å². The van der Waals surface area contributed by atoms with Crippen LogP contribution in [0.5, 0.6) is 17.2 Å². The van der Waals surface area contributed by atoms with E-state index in [1.165, 1.54) is 0 Å². The van der Waals surface area contributed by atoms with E-state index in [2.05, 4.69) is 6.92 Å². The Labute approximate surface area is 109 Å². The van der Waals surface area contributed by atoms with Crippen LogP contribution in [0.2, 0.25) is 0 Å². The summed E-state index contributed by atoms with van der Waals surface area (Å²) < 4.78 is 16.0. The average Bonchev–Trinajstić information content (AvgIpc) is 2.34. The lowest BCUT2D eigenvalue weighted by Crippen LogP contribution is -2.38. The molecule has 1 aromatic rings. The first kappa shape index (κ1) is 14.6. The molecule has 1 atom stereocenters. The van der Waals surface area contributed by atoms with Crippen molar-refractivity contribution in [1.82, 2.24) is 0 Å².